The number of benzene rings is 1. The van der Waals surface area contributed by atoms with E-state index in [1.54, 1.807) is 11.8 Å². The smallest absolute Gasteiger partial charge is 0.185 e. The number of methoxy groups -OCH3 is 1. The van der Waals surface area contributed by atoms with Crippen molar-refractivity contribution in [3.8, 4) is 11.4 Å². The van der Waals surface area contributed by atoms with Crippen molar-refractivity contribution in [2.75, 3.05) is 7.11 Å². The molecule has 0 radical (unpaired) electrons. The average Bonchev–Trinajstić information content (AvgIpc) is 3.04. The van der Waals surface area contributed by atoms with Gasteiger partial charge in [-0.3, -0.25) is 0 Å². The molecule has 0 saturated heterocycles. The Morgan fingerprint density at radius 2 is 1.90 bits per heavy atom. The summed E-state index contributed by atoms with van der Waals surface area (Å²) in [5, 5.41) is 22.4. The molecule has 112 valence electrons. The van der Waals surface area contributed by atoms with Crippen molar-refractivity contribution in [3.05, 3.63) is 30.1 Å². The van der Waals surface area contributed by atoms with Gasteiger partial charge in [-0.15, -0.1) is 5.10 Å². The molecule has 3 rings (SSSR count). The van der Waals surface area contributed by atoms with Gasteiger partial charge in [-0.05, 0) is 53.5 Å². The topological polar surface area (TPSA) is 73.1 Å². The number of hydrogen-bond donors (Lipinski definition) is 1. The molecule has 1 atom stereocenters. The van der Waals surface area contributed by atoms with Crippen molar-refractivity contribution in [2.45, 2.75) is 38.2 Å². The predicted octanol–water partition coefficient (Wildman–Crippen LogP) is 2.28. The molecule has 0 bridgehead atoms. The first-order valence-electron chi connectivity index (χ1n) is 7.40. The van der Waals surface area contributed by atoms with Gasteiger partial charge in [-0.1, -0.05) is 19.3 Å². The number of nitrogens with zero attached hydrogens (tertiary/aromatic N) is 4. The van der Waals surface area contributed by atoms with E-state index in [9.17, 15) is 5.11 Å². The number of aliphatic hydroxyl groups is 1. The number of hydrogen-bond acceptors (Lipinski definition) is 5. The molecule has 1 aliphatic carbocycles. The molecule has 0 spiro atoms. The van der Waals surface area contributed by atoms with E-state index in [1.165, 1.54) is 19.3 Å². The third-order valence-corrected chi connectivity index (χ3v) is 4.17. The van der Waals surface area contributed by atoms with Crippen LogP contribution in [0.1, 0.15) is 44.0 Å². The summed E-state index contributed by atoms with van der Waals surface area (Å²) in [5.74, 6) is 1.55. The van der Waals surface area contributed by atoms with Crippen LogP contribution in [0.15, 0.2) is 24.3 Å². The first-order chi connectivity index (χ1) is 10.3. The van der Waals surface area contributed by atoms with E-state index in [0.29, 0.717) is 5.82 Å². The summed E-state index contributed by atoms with van der Waals surface area (Å²) in [4.78, 5) is 0. The Morgan fingerprint density at radius 3 is 2.57 bits per heavy atom. The fourth-order valence-electron chi connectivity index (χ4n) is 2.95. The highest BCUT2D eigenvalue weighted by Crippen LogP contribution is 2.33. The van der Waals surface area contributed by atoms with Crippen molar-refractivity contribution < 1.29 is 9.84 Å². The summed E-state index contributed by atoms with van der Waals surface area (Å²) in [6, 6.07) is 7.47. The van der Waals surface area contributed by atoms with Crippen LogP contribution in [0.4, 0.5) is 0 Å². The van der Waals surface area contributed by atoms with Crippen LogP contribution in [0.3, 0.4) is 0 Å². The molecule has 6 heteroatoms. The third-order valence-electron chi connectivity index (χ3n) is 4.17. The van der Waals surface area contributed by atoms with E-state index in [0.717, 1.165) is 24.3 Å². The molecule has 6 nitrogen and oxygen atoms in total. The van der Waals surface area contributed by atoms with E-state index in [-0.39, 0.29) is 5.92 Å². The summed E-state index contributed by atoms with van der Waals surface area (Å²) >= 11 is 0. The Labute approximate surface area is 123 Å². The van der Waals surface area contributed by atoms with Gasteiger partial charge in [0.1, 0.15) is 11.9 Å². The molecular formula is C15H20N4O2. The average molecular weight is 288 g/mol. The minimum atomic E-state index is -0.609. The molecule has 1 heterocycles. The highest BCUT2D eigenvalue weighted by Gasteiger charge is 2.27. The molecule has 0 amide bonds. The maximum absolute atomic E-state index is 10.6. The molecule has 1 aromatic heterocycles. The number of ether oxygens (including phenoxy) is 1. The molecular weight excluding hydrogens is 268 g/mol. The summed E-state index contributed by atoms with van der Waals surface area (Å²) < 4.78 is 6.76. The van der Waals surface area contributed by atoms with Gasteiger partial charge < -0.3 is 9.84 Å². The van der Waals surface area contributed by atoms with Crippen LogP contribution < -0.4 is 4.74 Å². The van der Waals surface area contributed by atoms with E-state index in [1.807, 2.05) is 24.3 Å². The summed E-state index contributed by atoms with van der Waals surface area (Å²) in [7, 11) is 1.63. The summed E-state index contributed by atoms with van der Waals surface area (Å²) in [6.07, 6.45) is 5.07. The van der Waals surface area contributed by atoms with Crippen LogP contribution in [0.5, 0.6) is 5.75 Å². The second-order valence-corrected chi connectivity index (χ2v) is 5.49. The highest BCUT2D eigenvalue weighted by molar-refractivity contribution is 5.37. The van der Waals surface area contributed by atoms with Crippen molar-refractivity contribution in [2.24, 2.45) is 5.92 Å². The maximum Gasteiger partial charge on any atom is 0.185 e. The number of tetrazole rings is 1. The molecule has 21 heavy (non-hydrogen) atoms. The second kappa shape index (κ2) is 6.22. The monoisotopic (exact) mass is 288 g/mol. The molecule has 1 aromatic carbocycles. The maximum atomic E-state index is 10.6. The van der Waals surface area contributed by atoms with Gasteiger partial charge in [0.05, 0.1) is 12.8 Å². The summed E-state index contributed by atoms with van der Waals surface area (Å²) in [6.45, 7) is 0. The number of aliphatic hydroxyl groups excluding tert-OH is 1. The fraction of sp³-hybridized carbons (Fsp3) is 0.533. The van der Waals surface area contributed by atoms with Crippen LogP contribution in [-0.2, 0) is 0 Å². The largest absolute Gasteiger partial charge is 0.497 e. The van der Waals surface area contributed by atoms with Crippen molar-refractivity contribution >= 4 is 0 Å². The molecule has 1 saturated carbocycles. The van der Waals surface area contributed by atoms with E-state index < -0.39 is 6.10 Å². The zero-order chi connectivity index (χ0) is 14.7. The number of aromatic nitrogens is 4. The lowest BCUT2D eigenvalue weighted by Gasteiger charge is -2.25. The van der Waals surface area contributed by atoms with Crippen LogP contribution in [0.25, 0.3) is 5.69 Å². The first-order valence-corrected chi connectivity index (χ1v) is 7.40. The van der Waals surface area contributed by atoms with Gasteiger partial charge in [0.2, 0.25) is 0 Å². The van der Waals surface area contributed by atoms with Gasteiger partial charge in [-0.25, -0.2) is 0 Å². The van der Waals surface area contributed by atoms with Crippen LogP contribution >= 0.6 is 0 Å². The van der Waals surface area contributed by atoms with Crippen LogP contribution in [-0.4, -0.2) is 32.4 Å². The highest BCUT2D eigenvalue weighted by atomic mass is 16.5. The lowest BCUT2D eigenvalue weighted by Crippen LogP contribution is -2.19. The Balaban J connectivity index is 1.85. The van der Waals surface area contributed by atoms with Crippen molar-refractivity contribution in [1.29, 1.82) is 0 Å². The Bertz CT molecular complexity index is 576. The minimum absolute atomic E-state index is 0.252. The Morgan fingerprint density at radius 1 is 1.19 bits per heavy atom. The van der Waals surface area contributed by atoms with E-state index in [2.05, 4.69) is 15.5 Å². The standard InChI is InChI=1S/C15H20N4O2/c1-21-13-9-7-12(8-10-13)19-15(16-17-18-19)14(20)11-5-3-2-4-6-11/h7-11,14,20H,2-6H2,1H3. The van der Waals surface area contributed by atoms with Gasteiger partial charge >= 0.3 is 0 Å². The van der Waals surface area contributed by atoms with Crippen LogP contribution in [0.2, 0.25) is 0 Å². The van der Waals surface area contributed by atoms with Crippen molar-refractivity contribution in [3.63, 3.8) is 0 Å². The zero-order valence-electron chi connectivity index (χ0n) is 12.1. The van der Waals surface area contributed by atoms with Gasteiger partial charge in [0.25, 0.3) is 0 Å². The fourth-order valence-corrected chi connectivity index (χ4v) is 2.95. The molecule has 1 unspecified atom stereocenters. The minimum Gasteiger partial charge on any atom is -0.497 e. The Hall–Kier alpha value is -1.95. The lowest BCUT2D eigenvalue weighted by atomic mass is 9.85. The molecule has 1 fully saturated rings. The van der Waals surface area contributed by atoms with Gasteiger partial charge in [-0.2, -0.15) is 4.68 Å². The third kappa shape index (κ3) is 2.90. The molecule has 2 aromatic rings. The first kappa shape index (κ1) is 14.0. The lowest BCUT2D eigenvalue weighted by molar-refractivity contribution is 0.0750. The number of rotatable bonds is 4. The van der Waals surface area contributed by atoms with Crippen LogP contribution in [0, 0.1) is 5.92 Å². The van der Waals surface area contributed by atoms with Gasteiger partial charge in [0.15, 0.2) is 5.82 Å². The normalized spacial score (nSPS) is 17.6. The van der Waals surface area contributed by atoms with E-state index in [4.69, 9.17) is 4.74 Å². The molecule has 1 aliphatic rings. The summed E-state index contributed by atoms with van der Waals surface area (Å²) in [5.41, 5.74) is 0.825. The Kier molecular flexibility index (Phi) is 4.15. The van der Waals surface area contributed by atoms with Crippen molar-refractivity contribution in [1.82, 2.24) is 20.2 Å². The zero-order valence-corrected chi connectivity index (χ0v) is 12.1. The quantitative estimate of drug-likeness (QED) is 0.934. The SMILES string of the molecule is COc1ccc(-n2nnnc2C(O)C2CCCCC2)cc1. The van der Waals surface area contributed by atoms with Gasteiger partial charge in [0, 0.05) is 0 Å². The predicted molar refractivity (Wildman–Crippen MR) is 77.2 cm³/mol. The molecule has 1 N–H and O–H groups in total. The molecule has 0 aliphatic heterocycles. The van der Waals surface area contributed by atoms with E-state index >= 15 is 0 Å². The second-order valence-electron chi connectivity index (χ2n) is 5.49.